The molecule has 0 spiro atoms. The van der Waals surface area contributed by atoms with Crippen molar-refractivity contribution in [2.45, 2.75) is 33.4 Å². The third-order valence-corrected chi connectivity index (χ3v) is 4.34. The lowest BCUT2D eigenvalue weighted by atomic mass is 10.1. The molecule has 2 aromatic carbocycles. The fraction of sp³-hybridized carbons (Fsp3) is 0.278. The number of aryl methyl sites for hydroxylation is 1. The standard InChI is InChI=1S/C18H20INO2/c1-12(2)22-16-8-5-14(6-9-16)11-20-18(21)15-7-4-13(3)17(19)10-15/h4-10,12H,11H2,1-3H3,(H,20,21). The van der Waals surface area contributed by atoms with Crippen LogP contribution in [-0.4, -0.2) is 12.0 Å². The molecule has 0 saturated heterocycles. The summed E-state index contributed by atoms with van der Waals surface area (Å²) in [6, 6.07) is 13.5. The van der Waals surface area contributed by atoms with Gasteiger partial charge in [0.2, 0.25) is 0 Å². The molecule has 2 rings (SSSR count). The number of hydrogen-bond acceptors (Lipinski definition) is 2. The predicted molar refractivity (Wildman–Crippen MR) is 97.3 cm³/mol. The maximum Gasteiger partial charge on any atom is 0.251 e. The van der Waals surface area contributed by atoms with E-state index < -0.39 is 0 Å². The van der Waals surface area contributed by atoms with Crippen LogP contribution in [-0.2, 0) is 6.54 Å². The maximum atomic E-state index is 12.2. The van der Waals surface area contributed by atoms with Crippen molar-refractivity contribution in [2.75, 3.05) is 0 Å². The Balaban J connectivity index is 1.94. The fourth-order valence-electron chi connectivity index (χ4n) is 1.98. The molecule has 0 saturated carbocycles. The average molecular weight is 409 g/mol. The first-order chi connectivity index (χ1) is 10.5. The van der Waals surface area contributed by atoms with Gasteiger partial charge in [-0.2, -0.15) is 0 Å². The molecule has 0 heterocycles. The normalized spacial score (nSPS) is 10.6. The van der Waals surface area contributed by atoms with Crippen molar-refractivity contribution in [1.82, 2.24) is 5.32 Å². The highest BCUT2D eigenvalue weighted by Gasteiger charge is 2.07. The summed E-state index contributed by atoms with van der Waals surface area (Å²) in [7, 11) is 0. The van der Waals surface area contributed by atoms with Crippen LogP contribution >= 0.6 is 22.6 Å². The Morgan fingerprint density at radius 1 is 1.18 bits per heavy atom. The zero-order valence-corrected chi connectivity index (χ0v) is 15.2. The second-order valence-corrected chi connectivity index (χ2v) is 6.62. The molecule has 0 atom stereocenters. The van der Waals surface area contributed by atoms with E-state index in [2.05, 4.69) is 27.9 Å². The van der Waals surface area contributed by atoms with Gasteiger partial charge in [-0.25, -0.2) is 0 Å². The number of nitrogens with one attached hydrogen (secondary N) is 1. The highest BCUT2D eigenvalue weighted by molar-refractivity contribution is 14.1. The van der Waals surface area contributed by atoms with Crippen LogP contribution in [0.3, 0.4) is 0 Å². The van der Waals surface area contributed by atoms with E-state index in [0.29, 0.717) is 12.1 Å². The first kappa shape index (κ1) is 16.8. The van der Waals surface area contributed by atoms with E-state index in [4.69, 9.17) is 4.74 Å². The SMILES string of the molecule is Cc1ccc(C(=O)NCc2ccc(OC(C)C)cc2)cc1I. The van der Waals surface area contributed by atoms with E-state index in [9.17, 15) is 4.79 Å². The molecule has 0 aliphatic carbocycles. The minimum atomic E-state index is -0.0552. The van der Waals surface area contributed by atoms with Crippen LogP contribution in [0.1, 0.15) is 35.3 Å². The summed E-state index contributed by atoms with van der Waals surface area (Å²) in [5, 5.41) is 2.94. The Morgan fingerprint density at radius 2 is 1.86 bits per heavy atom. The van der Waals surface area contributed by atoms with E-state index in [1.165, 1.54) is 5.56 Å². The Labute approximate surface area is 145 Å². The monoisotopic (exact) mass is 409 g/mol. The summed E-state index contributed by atoms with van der Waals surface area (Å²) in [6.07, 6.45) is 0.162. The molecule has 4 heteroatoms. The van der Waals surface area contributed by atoms with Gasteiger partial charge in [-0.3, -0.25) is 4.79 Å². The van der Waals surface area contributed by atoms with Crippen molar-refractivity contribution >= 4 is 28.5 Å². The fourth-order valence-corrected chi connectivity index (χ4v) is 2.49. The zero-order chi connectivity index (χ0) is 16.1. The van der Waals surface area contributed by atoms with Gasteiger partial charge in [0.1, 0.15) is 5.75 Å². The Hall–Kier alpha value is -1.56. The minimum Gasteiger partial charge on any atom is -0.491 e. The van der Waals surface area contributed by atoms with Crippen molar-refractivity contribution in [2.24, 2.45) is 0 Å². The smallest absolute Gasteiger partial charge is 0.251 e. The molecule has 2 aromatic rings. The maximum absolute atomic E-state index is 12.2. The van der Waals surface area contributed by atoms with Gasteiger partial charge in [0.15, 0.2) is 0 Å². The van der Waals surface area contributed by atoms with Crippen LogP contribution in [0.25, 0.3) is 0 Å². The van der Waals surface area contributed by atoms with Gasteiger partial charge in [0, 0.05) is 15.7 Å². The van der Waals surface area contributed by atoms with Gasteiger partial charge in [-0.05, 0) is 78.8 Å². The number of carbonyl (C=O) groups is 1. The molecule has 0 aromatic heterocycles. The third kappa shape index (κ3) is 4.73. The molecule has 3 nitrogen and oxygen atoms in total. The van der Waals surface area contributed by atoms with Crippen LogP contribution < -0.4 is 10.1 Å². The summed E-state index contributed by atoms with van der Waals surface area (Å²) in [4.78, 5) is 12.2. The molecule has 1 N–H and O–H groups in total. The van der Waals surface area contributed by atoms with Gasteiger partial charge in [0.25, 0.3) is 5.91 Å². The van der Waals surface area contributed by atoms with Crippen LogP contribution in [0.15, 0.2) is 42.5 Å². The summed E-state index contributed by atoms with van der Waals surface area (Å²) in [5.74, 6) is 0.790. The van der Waals surface area contributed by atoms with E-state index in [0.717, 1.165) is 14.9 Å². The molecular weight excluding hydrogens is 389 g/mol. The van der Waals surface area contributed by atoms with Crippen LogP contribution in [0.4, 0.5) is 0 Å². The number of hydrogen-bond donors (Lipinski definition) is 1. The molecule has 0 aliphatic rings. The quantitative estimate of drug-likeness (QED) is 0.748. The van der Waals surface area contributed by atoms with E-state index in [1.807, 2.05) is 63.2 Å². The second-order valence-electron chi connectivity index (χ2n) is 5.46. The van der Waals surface area contributed by atoms with Gasteiger partial charge >= 0.3 is 0 Å². The Bertz CT molecular complexity index is 651. The lowest BCUT2D eigenvalue weighted by Crippen LogP contribution is -2.22. The van der Waals surface area contributed by atoms with Crippen molar-refractivity contribution < 1.29 is 9.53 Å². The molecule has 0 unspecified atom stereocenters. The summed E-state index contributed by atoms with van der Waals surface area (Å²) in [6.45, 7) is 6.53. The summed E-state index contributed by atoms with van der Waals surface area (Å²) >= 11 is 2.24. The van der Waals surface area contributed by atoms with Crippen LogP contribution in [0, 0.1) is 10.5 Å². The lowest BCUT2D eigenvalue weighted by Gasteiger charge is -2.10. The molecular formula is C18H20INO2. The highest BCUT2D eigenvalue weighted by atomic mass is 127. The molecule has 1 amide bonds. The van der Waals surface area contributed by atoms with Crippen molar-refractivity contribution in [3.05, 3.63) is 62.7 Å². The first-order valence-electron chi connectivity index (χ1n) is 7.25. The zero-order valence-electron chi connectivity index (χ0n) is 13.0. The third-order valence-electron chi connectivity index (χ3n) is 3.18. The first-order valence-corrected chi connectivity index (χ1v) is 8.33. The topological polar surface area (TPSA) is 38.3 Å². The number of carbonyl (C=O) groups excluding carboxylic acids is 1. The largest absolute Gasteiger partial charge is 0.491 e. The lowest BCUT2D eigenvalue weighted by molar-refractivity contribution is 0.0951. The molecule has 0 fully saturated rings. The number of halogens is 1. The number of benzene rings is 2. The number of rotatable bonds is 5. The van der Waals surface area contributed by atoms with Gasteiger partial charge < -0.3 is 10.1 Å². The molecule has 0 radical (unpaired) electrons. The van der Waals surface area contributed by atoms with E-state index >= 15 is 0 Å². The average Bonchev–Trinajstić information content (AvgIpc) is 2.48. The van der Waals surface area contributed by atoms with Crippen LogP contribution in [0.5, 0.6) is 5.75 Å². The Kier molecular flexibility index (Phi) is 5.83. The highest BCUT2D eigenvalue weighted by Crippen LogP contribution is 2.15. The van der Waals surface area contributed by atoms with E-state index in [-0.39, 0.29) is 12.0 Å². The summed E-state index contributed by atoms with van der Waals surface area (Å²) < 4.78 is 6.70. The van der Waals surface area contributed by atoms with Gasteiger partial charge in [-0.15, -0.1) is 0 Å². The summed E-state index contributed by atoms with van der Waals surface area (Å²) in [5.41, 5.74) is 2.92. The second kappa shape index (κ2) is 7.63. The van der Waals surface area contributed by atoms with Crippen molar-refractivity contribution in [3.8, 4) is 5.75 Å². The number of amides is 1. The molecule has 116 valence electrons. The van der Waals surface area contributed by atoms with Gasteiger partial charge in [-0.1, -0.05) is 18.2 Å². The van der Waals surface area contributed by atoms with Gasteiger partial charge in [0.05, 0.1) is 6.10 Å². The molecule has 0 aliphatic heterocycles. The molecule has 22 heavy (non-hydrogen) atoms. The van der Waals surface area contributed by atoms with Crippen molar-refractivity contribution in [1.29, 1.82) is 0 Å². The van der Waals surface area contributed by atoms with Crippen molar-refractivity contribution in [3.63, 3.8) is 0 Å². The number of ether oxygens (including phenoxy) is 1. The predicted octanol–water partition coefficient (Wildman–Crippen LogP) is 4.32. The Morgan fingerprint density at radius 3 is 2.45 bits per heavy atom. The van der Waals surface area contributed by atoms with Crippen LogP contribution in [0.2, 0.25) is 0 Å². The minimum absolute atomic E-state index is 0.0552. The molecule has 0 bridgehead atoms. The van der Waals surface area contributed by atoms with E-state index in [1.54, 1.807) is 0 Å².